The van der Waals surface area contributed by atoms with Gasteiger partial charge in [0.15, 0.2) is 6.29 Å². The van der Waals surface area contributed by atoms with Gasteiger partial charge in [-0.05, 0) is 30.7 Å². The van der Waals surface area contributed by atoms with Crippen LogP contribution in [0.5, 0.6) is 0 Å². The van der Waals surface area contributed by atoms with Crippen LogP contribution in [0.15, 0.2) is 51.8 Å². The number of rotatable bonds is 5. The number of hydrogen-bond donors (Lipinski definition) is 0. The van der Waals surface area contributed by atoms with Crippen molar-refractivity contribution in [3.05, 3.63) is 52.5 Å². The number of fused-ring (bicyclic) bond motifs is 1. The SMILES string of the molecule is CCCCC1CN(c2ccccc2)c2cc(C=O)c(Br)cc2S(=O)(=O)N1C. The van der Waals surface area contributed by atoms with Gasteiger partial charge in [0.2, 0.25) is 10.0 Å². The molecule has 1 aliphatic rings. The minimum atomic E-state index is -3.68. The summed E-state index contributed by atoms with van der Waals surface area (Å²) in [5.41, 5.74) is 1.88. The average Bonchev–Trinajstić information content (AvgIpc) is 2.75. The number of carbonyl (C=O) groups is 1. The summed E-state index contributed by atoms with van der Waals surface area (Å²) in [6.07, 6.45) is 3.48. The van der Waals surface area contributed by atoms with E-state index in [1.165, 1.54) is 4.31 Å². The molecule has 0 aromatic heterocycles. The highest BCUT2D eigenvalue weighted by Crippen LogP contribution is 2.40. The molecule has 0 N–H and O–H groups in total. The minimum Gasteiger partial charge on any atom is -0.339 e. The van der Waals surface area contributed by atoms with Crippen LogP contribution in [0.1, 0.15) is 36.5 Å². The Hall–Kier alpha value is -1.70. The number of carbonyl (C=O) groups excluding carboxylic acids is 1. The fourth-order valence-corrected chi connectivity index (χ4v) is 5.57. The number of para-hydroxylation sites is 1. The van der Waals surface area contributed by atoms with Crippen LogP contribution < -0.4 is 4.90 Å². The third-order valence-electron chi connectivity index (χ3n) is 5.02. The van der Waals surface area contributed by atoms with E-state index in [1.54, 1.807) is 19.2 Å². The Morgan fingerprint density at radius 2 is 1.93 bits per heavy atom. The first-order valence-corrected chi connectivity index (χ1v) is 11.2. The molecule has 2 aromatic carbocycles. The first-order valence-electron chi connectivity index (χ1n) is 8.99. The Balaban J connectivity index is 2.24. The van der Waals surface area contributed by atoms with Gasteiger partial charge < -0.3 is 4.90 Å². The summed E-state index contributed by atoms with van der Waals surface area (Å²) < 4.78 is 28.6. The van der Waals surface area contributed by atoms with Crippen molar-refractivity contribution < 1.29 is 13.2 Å². The van der Waals surface area contributed by atoms with E-state index in [0.717, 1.165) is 31.2 Å². The van der Waals surface area contributed by atoms with Crippen molar-refractivity contribution in [3.63, 3.8) is 0 Å². The predicted octanol–water partition coefficient (Wildman–Crippen LogP) is 4.59. The molecule has 1 aliphatic heterocycles. The first-order chi connectivity index (χ1) is 12.9. The largest absolute Gasteiger partial charge is 0.339 e. The van der Waals surface area contributed by atoms with E-state index in [4.69, 9.17) is 0 Å². The van der Waals surface area contributed by atoms with E-state index in [0.29, 0.717) is 22.3 Å². The van der Waals surface area contributed by atoms with Crippen LogP contribution >= 0.6 is 15.9 Å². The van der Waals surface area contributed by atoms with Gasteiger partial charge in [-0.25, -0.2) is 8.42 Å². The van der Waals surface area contributed by atoms with Gasteiger partial charge in [0.25, 0.3) is 0 Å². The summed E-state index contributed by atoms with van der Waals surface area (Å²) >= 11 is 3.33. The van der Waals surface area contributed by atoms with E-state index in [-0.39, 0.29) is 10.9 Å². The molecule has 0 amide bonds. The van der Waals surface area contributed by atoms with Crippen LogP contribution in [0.4, 0.5) is 11.4 Å². The second-order valence-electron chi connectivity index (χ2n) is 6.72. The zero-order valence-electron chi connectivity index (χ0n) is 15.4. The fraction of sp³-hybridized carbons (Fsp3) is 0.350. The molecule has 0 aliphatic carbocycles. The van der Waals surface area contributed by atoms with Crippen LogP contribution in [0.25, 0.3) is 0 Å². The molecule has 27 heavy (non-hydrogen) atoms. The molecule has 2 aromatic rings. The van der Waals surface area contributed by atoms with Crippen LogP contribution in [0.2, 0.25) is 0 Å². The molecule has 1 heterocycles. The third-order valence-corrected chi connectivity index (χ3v) is 7.65. The monoisotopic (exact) mass is 450 g/mol. The first kappa shape index (κ1) is 20.0. The summed E-state index contributed by atoms with van der Waals surface area (Å²) in [4.78, 5) is 13.7. The molecule has 0 spiro atoms. The van der Waals surface area contributed by atoms with E-state index in [1.807, 2.05) is 35.2 Å². The molecular weight excluding hydrogens is 428 g/mol. The summed E-state index contributed by atoms with van der Waals surface area (Å²) in [5, 5.41) is 0. The highest BCUT2D eigenvalue weighted by molar-refractivity contribution is 9.10. The highest BCUT2D eigenvalue weighted by Gasteiger charge is 2.37. The van der Waals surface area contributed by atoms with Crippen molar-refractivity contribution in [1.82, 2.24) is 4.31 Å². The lowest BCUT2D eigenvalue weighted by Gasteiger charge is -2.29. The van der Waals surface area contributed by atoms with E-state index < -0.39 is 10.0 Å². The maximum Gasteiger partial charge on any atom is 0.245 e. The molecule has 0 saturated heterocycles. The smallest absolute Gasteiger partial charge is 0.245 e. The Bertz CT molecular complexity index is 932. The predicted molar refractivity (Wildman–Crippen MR) is 111 cm³/mol. The molecule has 5 nitrogen and oxygen atoms in total. The molecule has 144 valence electrons. The zero-order chi connectivity index (χ0) is 19.6. The number of benzene rings is 2. The molecule has 7 heteroatoms. The second kappa shape index (κ2) is 8.12. The van der Waals surface area contributed by atoms with Crippen molar-refractivity contribution in [1.29, 1.82) is 0 Å². The lowest BCUT2D eigenvalue weighted by atomic mass is 10.1. The van der Waals surface area contributed by atoms with Gasteiger partial charge in [-0.3, -0.25) is 4.79 Å². The van der Waals surface area contributed by atoms with Crippen molar-refractivity contribution >= 4 is 43.6 Å². The van der Waals surface area contributed by atoms with Gasteiger partial charge in [0, 0.05) is 35.4 Å². The quantitative estimate of drug-likeness (QED) is 0.624. The number of nitrogens with zero attached hydrogens (tertiary/aromatic N) is 2. The second-order valence-corrected chi connectivity index (χ2v) is 9.54. The number of hydrogen-bond acceptors (Lipinski definition) is 4. The molecular formula is C20H23BrN2O3S. The Morgan fingerprint density at radius 1 is 1.22 bits per heavy atom. The number of aldehydes is 1. The van der Waals surface area contributed by atoms with Crippen LogP contribution in [-0.2, 0) is 10.0 Å². The molecule has 0 radical (unpaired) electrons. The third kappa shape index (κ3) is 3.81. The molecule has 0 saturated carbocycles. The normalized spacial score (nSPS) is 19.4. The summed E-state index contributed by atoms with van der Waals surface area (Å²) in [5.74, 6) is 0. The molecule has 3 rings (SSSR count). The highest BCUT2D eigenvalue weighted by atomic mass is 79.9. The van der Waals surface area contributed by atoms with Gasteiger partial charge in [0.05, 0.1) is 5.69 Å². The van der Waals surface area contributed by atoms with Crippen LogP contribution in [0.3, 0.4) is 0 Å². The van der Waals surface area contributed by atoms with Crippen LogP contribution in [-0.4, -0.2) is 38.6 Å². The summed E-state index contributed by atoms with van der Waals surface area (Å²) in [6, 6.07) is 12.8. The van der Waals surface area contributed by atoms with Crippen molar-refractivity contribution in [2.24, 2.45) is 0 Å². The fourth-order valence-electron chi connectivity index (χ4n) is 3.41. The van der Waals surface area contributed by atoms with E-state index in [9.17, 15) is 13.2 Å². The number of halogens is 1. The van der Waals surface area contributed by atoms with Crippen LogP contribution in [0, 0.1) is 0 Å². The summed E-state index contributed by atoms with van der Waals surface area (Å²) in [7, 11) is -2.03. The maximum absolute atomic E-state index is 13.3. The Kier molecular flexibility index (Phi) is 6.03. The van der Waals surface area contributed by atoms with Gasteiger partial charge in [-0.1, -0.05) is 53.9 Å². The molecule has 0 fully saturated rings. The van der Waals surface area contributed by atoms with E-state index >= 15 is 0 Å². The van der Waals surface area contributed by atoms with E-state index in [2.05, 4.69) is 22.9 Å². The van der Waals surface area contributed by atoms with Gasteiger partial charge in [-0.2, -0.15) is 4.31 Å². The topological polar surface area (TPSA) is 57.7 Å². The Morgan fingerprint density at radius 3 is 2.56 bits per heavy atom. The molecule has 1 atom stereocenters. The van der Waals surface area contributed by atoms with Crippen molar-refractivity contribution in [2.45, 2.75) is 37.1 Å². The molecule has 1 unspecified atom stereocenters. The van der Waals surface area contributed by atoms with Gasteiger partial charge in [-0.15, -0.1) is 0 Å². The lowest BCUT2D eigenvalue weighted by molar-refractivity contribution is 0.112. The van der Waals surface area contributed by atoms with Gasteiger partial charge >= 0.3 is 0 Å². The molecule has 0 bridgehead atoms. The summed E-state index contributed by atoms with van der Waals surface area (Å²) in [6.45, 7) is 2.63. The number of unbranched alkanes of at least 4 members (excludes halogenated alkanes) is 1. The number of likely N-dealkylation sites (N-methyl/N-ethyl adjacent to an activating group) is 1. The lowest BCUT2D eigenvalue weighted by Crippen LogP contribution is -2.40. The van der Waals surface area contributed by atoms with Crippen molar-refractivity contribution in [3.8, 4) is 0 Å². The van der Waals surface area contributed by atoms with Gasteiger partial charge in [0.1, 0.15) is 4.90 Å². The average molecular weight is 451 g/mol. The Labute approximate surface area is 169 Å². The standard InChI is InChI=1S/C20H23BrN2O3S/c1-3-4-8-17-13-23(16-9-6-5-7-10-16)19-11-15(14-24)18(21)12-20(19)27(25,26)22(17)2/h5-7,9-12,14,17H,3-4,8,13H2,1-2H3. The minimum absolute atomic E-state index is 0.152. The van der Waals surface area contributed by atoms with Crippen molar-refractivity contribution in [2.75, 3.05) is 18.5 Å². The maximum atomic E-state index is 13.3. The number of anilines is 2. The number of sulfonamides is 1. The zero-order valence-corrected chi connectivity index (χ0v) is 17.8.